The van der Waals surface area contributed by atoms with Crippen LogP contribution in [0.25, 0.3) is 0 Å². The van der Waals surface area contributed by atoms with Crippen LogP contribution >= 0.6 is 0 Å². The van der Waals surface area contributed by atoms with Gasteiger partial charge in [0.15, 0.2) is 29.7 Å². The SMILES string of the molecule is COc1cc(C2C3=C(CC(C)(C)CC3=O)OC3=C2C(=O)CC(C)(C)C3)ccc1OCC(N)=O. The number of amides is 1. The van der Waals surface area contributed by atoms with Crippen molar-refractivity contribution < 1.29 is 28.6 Å². The molecule has 0 bridgehead atoms. The van der Waals surface area contributed by atoms with Crippen molar-refractivity contribution in [3.05, 3.63) is 46.4 Å². The zero-order valence-electron chi connectivity index (χ0n) is 19.9. The molecule has 0 unspecified atom stereocenters. The first-order valence-electron chi connectivity index (χ1n) is 11.2. The molecule has 0 spiro atoms. The summed E-state index contributed by atoms with van der Waals surface area (Å²) >= 11 is 0. The van der Waals surface area contributed by atoms with Gasteiger partial charge in [-0.3, -0.25) is 14.4 Å². The highest BCUT2D eigenvalue weighted by Crippen LogP contribution is 2.53. The zero-order chi connectivity index (χ0) is 24.1. The third-order valence-electron chi connectivity index (χ3n) is 6.47. The van der Waals surface area contributed by atoms with Gasteiger partial charge in [0.1, 0.15) is 11.5 Å². The number of hydrogen-bond donors (Lipinski definition) is 1. The van der Waals surface area contributed by atoms with Gasteiger partial charge in [-0.05, 0) is 28.5 Å². The minimum absolute atomic E-state index is 0.00320. The second-order valence-corrected chi connectivity index (χ2v) is 10.8. The maximum atomic E-state index is 13.4. The van der Waals surface area contributed by atoms with Crippen LogP contribution in [0.5, 0.6) is 11.5 Å². The third kappa shape index (κ3) is 4.41. The Morgan fingerprint density at radius 2 is 1.52 bits per heavy atom. The number of methoxy groups -OCH3 is 1. The van der Waals surface area contributed by atoms with E-state index in [1.54, 1.807) is 12.1 Å². The molecule has 4 rings (SSSR count). The summed E-state index contributed by atoms with van der Waals surface area (Å²) in [4.78, 5) is 37.8. The number of benzene rings is 1. The highest BCUT2D eigenvalue weighted by atomic mass is 16.5. The summed E-state index contributed by atoms with van der Waals surface area (Å²) in [6, 6.07) is 5.26. The van der Waals surface area contributed by atoms with Crippen LogP contribution < -0.4 is 15.2 Å². The van der Waals surface area contributed by atoms with E-state index in [1.807, 2.05) is 6.07 Å². The van der Waals surface area contributed by atoms with Gasteiger partial charge in [0.2, 0.25) is 0 Å². The van der Waals surface area contributed by atoms with Crippen LogP contribution in [0, 0.1) is 10.8 Å². The molecule has 1 aromatic rings. The Morgan fingerprint density at radius 3 is 2.00 bits per heavy atom. The highest BCUT2D eigenvalue weighted by Gasteiger charge is 2.47. The Kier molecular flexibility index (Phi) is 5.63. The number of ether oxygens (including phenoxy) is 3. The molecular weight excluding hydrogens is 422 g/mol. The molecule has 0 radical (unpaired) electrons. The molecule has 0 aromatic heterocycles. The third-order valence-corrected chi connectivity index (χ3v) is 6.47. The summed E-state index contributed by atoms with van der Waals surface area (Å²) in [5, 5.41) is 0. The first-order chi connectivity index (χ1) is 15.4. The number of rotatable bonds is 5. The number of carbonyl (C=O) groups is 3. The van der Waals surface area contributed by atoms with Gasteiger partial charge in [0, 0.05) is 42.7 Å². The first-order valence-corrected chi connectivity index (χ1v) is 11.2. The predicted octanol–water partition coefficient (Wildman–Crippen LogP) is 3.96. The lowest BCUT2D eigenvalue weighted by Crippen LogP contribution is -2.37. The lowest BCUT2D eigenvalue weighted by atomic mass is 9.65. The standard InChI is InChI=1S/C26H31NO6/c1-25(2)9-15(28)23-19(11-25)33-20-12-26(3,4)10-16(29)24(20)22(23)14-6-7-17(18(8-14)31-5)32-13-21(27)30/h6-8,22H,9-13H2,1-5H3,(H2,27,30). The quantitative estimate of drug-likeness (QED) is 0.724. The number of Topliss-reactive ketones (excluding diaryl/α,β-unsaturated/α-hetero) is 2. The topological polar surface area (TPSA) is 105 Å². The molecule has 3 aliphatic rings. The average Bonchev–Trinajstić information content (AvgIpc) is 2.68. The first kappa shape index (κ1) is 23.1. The number of ketones is 2. The number of nitrogens with two attached hydrogens (primary N) is 1. The van der Waals surface area contributed by atoms with Crippen molar-refractivity contribution in [3.63, 3.8) is 0 Å². The Labute approximate surface area is 193 Å². The van der Waals surface area contributed by atoms with Crippen LogP contribution in [0.1, 0.15) is 64.9 Å². The molecule has 0 saturated heterocycles. The van der Waals surface area contributed by atoms with Crippen LogP contribution in [-0.2, 0) is 19.1 Å². The Hall–Kier alpha value is -3.09. The normalized spacial score (nSPS) is 21.8. The maximum absolute atomic E-state index is 13.4. The summed E-state index contributed by atoms with van der Waals surface area (Å²) in [5.41, 5.74) is 6.65. The number of hydrogen-bond acceptors (Lipinski definition) is 6. The summed E-state index contributed by atoms with van der Waals surface area (Å²) in [6.07, 6.45) is 2.05. The van der Waals surface area contributed by atoms with E-state index in [0.29, 0.717) is 59.8 Å². The van der Waals surface area contributed by atoms with Crippen molar-refractivity contribution in [1.29, 1.82) is 0 Å². The average molecular weight is 454 g/mol. The monoisotopic (exact) mass is 453 g/mol. The molecule has 176 valence electrons. The largest absolute Gasteiger partial charge is 0.493 e. The summed E-state index contributed by atoms with van der Waals surface area (Å²) in [6.45, 7) is 7.95. The molecule has 2 aliphatic carbocycles. The fourth-order valence-corrected chi connectivity index (χ4v) is 5.14. The molecule has 1 amide bonds. The molecule has 0 fully saturated rings. The molecule has 33 heavy (non-hydrogen) atoms. The van der Waals surface area contributed by atoms with Gasteiger partial charge >= 0.3 is 0 Å². The lowest BCUT2D eigenvalue weighted by Gasteiger charge is -2.42. The van der Waals surface area contributed by atoms with Crippen molar-refractivity contribution in [3.8, 4) is 11.5 Å². The van der Waals surface area contributed by atoms with E-state index in [1.165, 1.54) is 7.11 Å². The van der Waals surface area contributed by atoms with Crippen molar-refractivity contribution in [2.45, 2.75) is 59.3 Å². The molecule has 7 nitrogen and oxygen atoms in total. The van der Waals surface area contributed by atoms with Crippen LogP contribution in [-0.4, -0.2) is 31.2 Å². The number of allylic oxidation sites excluding steroid dienone is 4. The van der Waals surface area contributed by atoms with E-state index >= 15 is 0 Å². The lowest BCUT2D eigenvalue weighted by molar-refractivity contribution is -0.121. The number of carbonyl (C=O) groups excluding carboxylic acids is 3. The van der Waals surface area contributed by atoms with Gasteiger partial charge in [-0.1, -0.05) is 33.8 Å². The Bertz CT molecular complexity index is 1060. The van der Waals surface area contributed by atoms with Crippen LogP contribution in [0.2, 0.25) is 0 Å². The molecule has 0 atom stereocenters. The molecule has 1 aromatic carbocycles. The van der Waals surface area contributed by atoms with Gasteiger partial charge in [-0.2, -0.15) is 0 Å². The Balaban J connectivity index is 1.85. The van der Waals surface area contributed by atoms with Gasteiger partial charge in [-0.15, -0.1) is 0 Å². The summed E-state index contributed by atoms with van der Waals surface area (Å²) < 4.78 is 17.3. The van der Waals surface area contributed by atoms with Gasteiger partial charge in [0.25, 0.3) is 5.91 Å². The molecular formula is C26H31NO6. The molecule has 0 saturated carbocycles. The fraction of sp³-hybridized carbons (Fsp3) is 0.500. The molecule has 1 heterocycles. The number of primary amides is 1. The van der Waals surface area contributed by atoms with E-state index in [4.69, 9.17) is 19.9 Å². The van der Waals surface area contributed by atoms with Crippen molar-refractivity contribution in [1.82, 2.24) is 0 Å². The maximum Gasteiger partial charge on any atom is 0.255 e. The minimum Gasteiger partial charge on any atom is -0.493 e. The predicted molar refractivity (Wildman–Crippen MR) is 122 cm³/mol. The van der Waals surface area contributed by atoms with E-state index in [0.717, 1.165) is 5.56 Å². The smallest absolute Gasteiger partial charge is 0.255 e. The van der Waals surface area contributed by atoms with Crippen molar-refractivity contribution in [2.75, 3.05) is 13.7 Å². The molecule has 1 aliphatic heterocycles. The van der Waals surface area contributed by atoms with Crippen molar-refractivity contribution >= 4 is 17.5 Å². The second kappa shape index (κ2) is 8.04. The van der Waals surface area contributed by atoms with E-state index in [-0.39, 0.29) is 29.0 Å². The molecule has 2 N–H and O–H groups in total. The van der Waals surface area contributed by atoms with Crippen LogP contribution in [0.4, 0.5) is 0 Å². The van der Waals surface area contributed by atoms with Gasteiger partial charge in [0.05, 0.1) is 7.11 Å². The molecule has 7 heteroatoms. The second-order valence-electron chi connectivity index (χ2n) is 10.8. The highest BCUT2D eigenvalue weighted by molar-refractivity contribution is 6.06. The van der Waals surface area contributed by atoms with E-state index in [9.17, 15) is 14.4 Å². The van der Waals surface area contributed by atoms with Gasteiger partial charge in [-0.25, -0.2) is 0 Å². The fourth-order valence-electron chi connectivity index (χ4n) is 5.14. The van der Waals surface area contributed by atoms with Crippen LogP contribution in [0.15, 0.2) is 40.9 Å². The van der Waals surface area contributed by atoms with E-state index < -0.39 is 11.8 Å². The Morgan fingerprint density at radius 1 is 0.970 bits per heavy atom. The van der Waals surface area contributed by atoms with E-state index in [2.05, 4.69) is 27.7 Å². The van der Waals surface area contributed by atoms with Crippen molar-refractivity contribution in [2.24, 2.45) is 16.6 Å². The minimum atomic E-state index is -0.596. The summed E-state index contributed by atoms with van der Waals surface area (Å²) in [5.74, 6) is 0.986. The zero-order valence-corrected chi connectivity index (χ0v) is 19.9. The van der Waals surface area contributed by atoms with Gasteiger partial charge < -0.3 is 19.9 Å². The van der Waals surface area contributed by atoms with Crippen LogP contribution in [0.3, 0.4) is 0 Å². The summed E-state index contributed by atoms with van der Waals surface area (Å²) in [7, 11) is 1.50.